The van der Waals surface area contributed by atoms with Gasteiger partial charge in [-0.2, -0.15) is 0 Å². The third-order valence-corrected chi connectivity index (χ3v) is 9.06. The lowest BCUT2D eigenvalue weighted by Crippen LogP contribution is -2.37. The van der Waals surface area contributed by atoms with Crippen molar-refractivity contribution in [3.63, 3.8) is 0 Å². The van der Waals surface area contributed by atoms with Gasteiger partial charge in [-0.3, -0.25) is 9.59 Å². The van der Waals surface area contributed by atoms with E-state index in [1.165, 1.54) is 37.0 Å². The molecule has 0 saturated heterocycles. The molecule has 1 aromatic carbocycles. The Morgan fingerprint density at radius 2 is 1.92 bits per heavy atom. The molecule has 0 bridgehead atoms. The topological polar surface area (TPSA) is 84.2 Å². The van der Waals surface area contributed by atoms with Crippen LogP contribution in [0.25, 0.3) is 11.0 Å². The number of nitrogens with one attached hydrogen (secondary N) is 1. The molecule has 6 nitrogen and oxygen atoms in total. The van der Waals surface area contributed by atoms with Crippen LogP contribution in [0.2, 0.25) is 0 Å². The number of aromatic nitrogens is 2. The van der Waals surface area contributed by atoms with Crippen molar-refractivity contribution >= 4 is 34.2 Å². The van der Waals surface area contributed by atoms with Gasteiger partial charge in [0.1, 0.15) is 5.82 Å². The zero-order valence-corrected chi connectivity index (χ0v) is 21.9. The molecule has 2 heterocycles. The largest absolute Gasteiger partial charge is 0.481 e. The molecule has 2 saturated carbocycles. The lowest BCUT2D eigenvalue weighted by molar-refractivity contribution is -0.137. The molecule has 1 unspecified atom stereocenters. The van der Waals surface area contributed by atoms with Crippen molar-refractivity contribution < 1.29 is 14.7 Å². The predicted octanol–water partition coefficient (Wildman–Crippen LogP) is 6.59. The average molecular weight is 508 g/mol. The summed E-state index contributed by atoms with van der Waals surface area (Å²) in [5, 5.41) is 14.5. The molecule has 3 aromatic rings. The summed E-state index contributed by atoms with van der Waals surface area (Å²) in [5.74, 6) is 1.08. The number of nitrogens with zero attached hydrogens (tertiary/aromatic N) is 2. The van der Waals surface area contributed by atoms with Crippen molar-refractivity contribution in [3.05, 3.63) is 52.0 Å². The van der Waals surface area contributed by atoms with E-state index < -0.39 is 5.97 Å². The highest BCUT2D eigenvalue weighted by atomic mass is 32.1. The Kier molecular flexibility index (Phi) is 7.75. The monoisotopic (exact) mass is 507 g/mol. The number of thiophene rings is 1. The van der Waals surface area contributed by atoms with Crippen molar-refractivity contribution in [1.82, 2.24) is 14.9 Å². The fourth-order valence-corrected chi connectivity index (χ4v) is 7.06. The summed E-state index contributed by atoms with van der Waals surface area (Å²) >= 11 is 1.75. The number of benzene rings is 1. The Balaban J connectivity index is 1.42. The summed E-state index contributed by atoms with van der Waals surface area (Å²) in [4.78, 5) is 31.0. The summed E-state index contributed by atoms with van der Waals surface area (Å²) < 4.78 is 2.44. The number of carbonyl (C=O) groups is 2. The van der Waals surface area contributed by atoms with Crippen LogP contribution in [0.5, 0.6) is 0 Å². The number of carbonyl (C=O) groups excluding carboxylic acids is 1. The first-order chi connectivity index (χ1) is 17.5. The maximum absolute atomic E-state index is 13.2. The van der Waals surface area contributed by atoms with Crippen molar-refractivity contribution in [1.29, 1.82) is 0 Å². The summed E-state index contributed by atoms with van der Waals surface area (Å²) in [5.41, 5.74) is 2.48. The van der Waals surface area contributed by atoms with Crippen LogP contribution in [0.1, 0.15) is 98.2 Å². The van der Waals surface area contributed by atoms with Gasteiger partial charge in [-0.25, -0.2) is 4.98 Å². The van der Waals surface area contributed by atoms with Gasteiger partial charge in [0, 0.05) is 28.9 Å². The first kappa shape index (κ1) is 25.0. The number of fused-ring (bicyclic) bond motifs is 1. The van der Waals surface area contributed by atoms with Gasteiger partial charge in [0.2, 0.25) is 0 Å². The summed E-state index contributed by atoms with van der Waals surface area (Å²) in [7, 11) is 0. The number of imidazole rings is 1. The molecular weight excluding hydrogens is 470 g/mol. The van der Waals surface area contributed by atoms with Gasteiger partial charge in [0.15, 0.2) is 0 Å². The minimum Gasteiger partial charge on any atom is -0.481 e. The van der Waals surface area contributed by atoms with Crippen LogP contribution < -0.4 is 5.32 Å². The highest BCUT2D eigenvalue weighted by Crippen LogP contribution is 2.37. The molecule has 2 aromatic heterocycles. The van der Waals surface area contributed by atoms with Crippen LogP contribution in [0.4, 0.5) is 0 Å². The van der Waals surface area contributed by atoms with E-state index in [0.29, 0.717) is 23.4 Å². The quantitative estimate of drug-likeness (QED) is 0.342. The first-order valence-corrected chi connectivity index (χ1v) is 14.4. The Labute approximate surface area is 217 Å². The molecule has 36 heavy (non-hydrogen) atoms. The molecule has 7 heteroatoms. The number of aliphatic carboxylic acids is 1. The molecule has 5 rings (SSSR count). The number of hydrogen-bond donors (Lipinski definition) is 2. The minimum atomic E-state index is -0.868. The average Bonchev–Trinajstić information content (AvgIpc) is 3.60. The lowest BCUT2D eigenvalue weighted by atomic mass is 9.85. The third-order valence-electron chi connectivity index (χ3n) is 8.18. The van der Waals surface area contributed by atoms with Crippen molar-refractivity contribution in [3.8, 4) is 0 Å². The zero-order valence-electron chi connectivity index (χ0n) is 21.1. The normalized spacial score (nSPS) is 21.6. The fourth-order valence-electron chi connectivity index (χ4n) is 6.36. The molecule has 2 fully saturated rings. The number of carboxylic acid groups (broad SMARTS) is 1. The number of rotatable bonds is 9. The van der Waals surface area contributed by atoms with E-state index in [0.717, 1.165) is 49.0 Å². The maximum atomic E-state index is 13.2. The van der Waals surface area contributed by atoms with Gasteiger partial charge in [-0.15, -0.1) is 11.3 Å². The van der Waals surface area contributed by atoms with Gasteiger partial charge in [-0.05, 0) is 60.7 Å². The molecule has 2 aliphatic carbocycles. The maximum Gasteiger partial charge on any atom is 0.305 e. The summed E-state index contributed by atoms with van der Waals surface area (Å²) in [6.45, 7) is 2.35. The lowest BCUT2D eigenvalue weighted by Gasteiger charge is -2.31. The van der Waals surface area contributed by atoms with Gasteiger partial charge in [0.05, 0.1) is 17.5 Å². The number of carboxylic acids is 1. The number of amides is 1. The molecule has 3 atom stereocenters. The molecule has 0 spiro atoms. The third kappa shape index (κ3) is 5.66. The minimum absolute atomic E-state index is 0.0381. The van der Waals surface area contributed by atoms with E-state index in [1.54, 1.807) is 11.3 Å². The smallest absolute Gasteiger partial charge is 0.305 e. The van der Waals surface area contributed by atoms with Gasteiger partial charge < -0.3 is 15.0 Å². The number of hydrogen-bond acceptors (Lipinski definition) is 4. The molecule has 2 N–H and O–H groups in total. The van der Waals surface area contributed by atoms with Crippen LogP contribution in [-0.4, -0.2) is 32.6 Å². The van der Waals surface area contributed by atoms with E-state index in [1.807, 2.05) is 18.2 Å². The standard InChI is InChI=1S/C29H37N3O3S/c1-19-7-2-5-11-25(19)32-26-13-12-21(16-24(26)31-27(32)18-23-10-6-14-36-23)29(35)30-22(17-28(33)34)15-20-8-3-4-9-20/h6,10,12-14,16,19-20,22,25H,2-5,7-9,11,15,17-18H2,1H3,(H,30,35)(H,33,34)/t19-,22+,25?/m1/s1. The van der Waals surface area contributed by atoms with Crippen LogP contribution in [0, 0.1) is 11.8 Å². The Hall–Kier alpha value is -2.67. The summed E-state index contributed by atoms with van der Waals surface area (Å²) in [6, 6.07) is 10.1. The summed E-state index contributed by atoms with van der Waals surface area (Å²) in [6.07, 6.45) is 11.1. The van der Waals surface area contributed by atoms with Crippen LogP contribution in [-0.2, 0) is 11.2 Å². The van der Waals surface area contributed by atoms with Crippen molar-refractivity contribution in [2.45, 2.75) is 89.6 Å². The Morgan fingerprint density at radius 3 is 2.64 bits per heavy atom. The SMILES string of the molecule is C[C@@H]1CCCCC1n1c(Cc2cccs2)nc2cc(C(=O)N[C@H](CC(=O)O)CC3CCCC3)ccc21. The first-order valence-electron chi connectivity index (χ1n) is 13.5. The van der Waals surface area contributed by atoms with Crippen molar-refractivity contribution in [2.24, 2.45) is 11.8 Å². The van der Waals surface area contributed by atoms with Gasteiger partial charge in [0.25, 0.3) is 5.91 Å². The fraction of sp³-hybridized carbons (Fsp3) is 0.552. The van der Waals surface area contributed by atoms with E-state index in [4.69, 9.17) is 4.98 Å². The predicted molar refractivity (Wildman–Crippen MR) is 144 cm³/mol. The Bertz CT molecular complexity index is 1200. The molecule has 1 amide bonds. The van der Waals surface area contributed by atoms with Crippen LogP contribution in [0.3, 0.4) is 0 Å². The highest BCUT2D eigenvalue weighted by Gasteiger charge is 2.28. The molecular formula is C29H37N3O3S. The van der Waals surface area contributed by atoms with Crippen molar-refractivity contribution in [2.75, 3.05) is 0 Å². The second-order valence-electron chi connectivity index (χ2n) is 10.8. The second kappa shape index (κ2) is 11.2. The molecule has 192 valence electrons. The molecule has 0 radical (unpaired) electrons. The van der Waals surface area contributed by atoms with E-state index >= 15 is 0 Å². The van der Waals surface area contributed by atoms with E-state index in [-0.39, 0.29) is 18.4 Å². The van der Waals surface area contributed by atoms with E-state index in [9.17, 15) is 14.7 Å². The molecule has 0 aliphatic heterocycles. The van der Waals surface area contributed by atoms with E-state index in [2.05, 4.69) is 34.3 Å². The van der Waals surface area contributed by atoms with Crippen LogP contribution in [0.15, 0.2) is 35.7 Å². The Morgan fingerprint density at radius 1 is 1.14 bits per heavy atom. The van der Waals surface area contributed by atoms with Crippen LogP contribution >= 0.6 is 11.3 Å². The highest BCUT2D eigenvalue weighted by molar-refractivity contribution is 7.09. The van der Waals surface area contributed by atoms with Gasteiger partial charge in [-0.1, -0.05) is 51.5 Å². The van der Waals surface area contributed by atoms with Gasteiger partial charge >= 0.3 is 5.97 Å². The second-order valence-corrected chi connectivity index (χ2v) is 11.9. The zero-order chi connectivity index (χ0) is 25.1. The molecule has 2 aliphatic rings.